The average molecular weight is 382 g/mol. The molecule has 1 aliphatic carbocycles. The number of aryl methyl sites for hydroxylation is 4. The standard InChI is InChI=1S/C23H31N3O2/c1-17-24-15-20(16-25-17)19(14-23(27)28)9-4-2-3-5-10-21-13-12-18-8-6-7-11-22(18)26-21/h12-13,15-16,19H,2-11,14H2,1H3,(H,27,28)/t19-/m0/s1. The van der Waals surface area contributed by atoms with Gasteiger partial charge in [-0.3, -0.25) is 9.78 Å². The molecule has 28 heavy (non-hydrogen) atoms. The van der Waals surface area contributed by atoms with Gasteiger partial charge in [0.2, 0.25) is 0 Å². The van der Waals surface area contributed by atoms with E-state index in [2.05, 4.69) is 22.1 Å². The quantitative estimate of drug-likeness (QED) is 0.598. The van der Waals surface area contributed by atoms with E-state index in [4.69, 9.17) is 4.98 Å². The summed E-state index contributed by atoms with van der Waals surface area (Å²) in [5.74, 6) is -0.0434. The number of hydrogen-bond donors (Lipinski definition) is 1. The minimum absolute atomic E-state index is 0.000382. The van der Waals surface area contributed by atoms with Gasteiger partial charge < -0.3 is 5.11 Å². The molecule has 0 saturated heterocycles. The molecule has 2 aromatic heterocycles. The number of fused-ring (bicyclic) bond motifs is 1. The molecule has 1 N–H and O–H groups in total. The lowest BCUT2D eigenvalue weighted by atomic mass is 9.92. The molecule has 2 aromatic rings. The van der Waals surface area contributed by atoms with E-state index in [0.717, 1.165) is 50.5 Å². The van der Waals surface area contributed by atoms with E-state index in [-0.39, 0.29) is 12.3 Å². The molecule has 1 atom stereocenters. The number of aliphatic carboxylic acids is 1. The van der Waals surface area contributed by atoms with Crippen molar-refractivity contribution in [3.05, 3.63) is 52.9 Å². The molecule has 0 fully saturated rings. The topological polar surface area (TPSA) is 76.0 Å². The zero-order valence-electron chi connectivity index (χ0n) is 16.9. The Morgan fingerprint density at radius 1 is 1.07 bits per heavy atom. The van der Waals surface area contributed by atoms with Crippen molar-refractivity contribution in [2.75, 3.05) is 0 Å². The number of unbranched alkanes of at least 4 members (excludes halogenated alkanes) is 3. The van der Waals surface area contributed by atoms with Crippen molar-refractivity contribution in [3.8, 4) is 0 Å². The molecule has 0 aromatic carbocycles. The van der Waals surface area contributed by atoms with Gasteiger partial charge in [0.25, 0.3) is 0 Å². The number of aromatic nitrogens is 3. The molecule has 1 aliphatic rings. The smallest absolute Gasteiger partial charge is 0.303 e. The first-order valence-corrected chi connectivity index (χ1v) is 10.6. The predicted octanol–water partition coefficient (Wildman–Crippen LogP) is 4.81. The van der Waals surface area contributed by atoms with Crippen molar-refractivity contribution in [3.63, 3.8) is 0 Å². The highest BCUT2D eigenvalue weighted by Crippen LogP contribution is 2.26. The molecule has 0 unspecified atom stereocenters. The molecule has 5 nitrogen and oxygen atoms in total. The minimum Gasteiger partial charge on any atom is -0.481 e. The van der Waals surface area contributed by atoms with Crippen LogP contribution in [-0.4, -0.2) is 26.0 Å². The van der Waals surface area contributed by atoms with Gasteiger partial charge in [-0.25, -0.2) is 9.97 Å². The van der Waals surface area contributed by atoms with E-state index in [1.54, 1.807) is 12.4 Å². The highest BCUT2D eigenvalue weighted by atomic mass is 16.4. The van der Waals surface area contributed by atoms with Gasteiger partial charge in [-0.1, -0.05) is 25.3 Å². The van der Waals surface area contributed by atoms with Gasteiger partial charge in [0.15, 0.2) is 0 Å². The molecular weight excluding hydrogens is 350 g/mol. The first-order chi connectivity index (χ1) is 13.6. The molecular formula is C23H31N3O2. The van der Waals surface area contributed by atoms with Gasteiger partial charge in [0, 0.05) is 23.8 Å². The van der Waals surface area contributed by atoms with Gasteiger partial charge >= 0.3 is 5.97 Å². The Hall–Kier alpha value is -2.30. The van der Waals surface area contributed by atoms with Crippen molar-refractivity contribution < 1.29 is 9.90 Å². The summed E-state index contributed by atoms with van der Waals surface area (Å²) < 4.78 is 0. The third kappa shape index (κ3) is 6.11. The summed E-state index contributed by atoms with van der Waals surface area (Å²) in [6, 6.07) is 4.47. The molecule has 0 spiro atoms. The number of hydrogen-bond acceptors (Lipinski definition) is 4. The van der Waals surface area contributed by atoms with Gasteiger partial charge in [-0.05, 0) is 75.0 Å². The predicted molar refractivity (Wildman–Crippen MR) is 109 cm³/mol. The first-order valence-electron chi connectivity index (χ1n) is 10.6. The third-order valence-electron chi connectivity index (χ3n) is 5.66. The largest absolute Gasteiger partial charge is 0.481 e. The Bertz CT molecular complexity index is 774. The van der Waals surface area contributed by atoms with Gasteiger partial charge in [-0.2, -0.15) is 0 Å². The molecule has 0 amide bonds. The Kier molecular flexibility index (Phi) is 7.52. The lowest BCUT2D eigenvalue weighted by molar-refractivity contribution is -0.137. The van der Waals surface area contributed by atoms with Crippen LogP contribution in [0.1, 0.15) is 85.6 Å². The Morgan fingerprint density at radius 2 is 1.82 bits per heavy atom. The number of pyridine rings is 1. The zero-order valence-corrected chi connectivity index (χ0v) is 16.9. The fourth-order valence-corrected chi connectivity index (χ4v) is 4.03. The van der Waals surface area contributed by atoms with E-state index in [9.17, 15) is 9.90 Å². The molecule has 5 heteroatoms. The molecule has 150 valence electrons. The minimum atomic E-state index is -0.760. The SMILES string of the molecule is Cc1ncc([C@@H](CCCCCCc2ccc3c(n2)CCCC3)CC(=O)O)cn1. The maximum absolute atomic E-state index is 11.2. The first kappa shape index (κ1) is 20.4. The van der Waals surface area contributed by atoms with E-state index in [1.807, 2.05) is 6.92 Å². The monoisotopic (exact) mass is 381 g/mol. The van der Waals surface area contributed by atoms with Crippen molar-refractivity contribution in [2.24, 2.45) is 0 Å². The number of carboxylic acid groups (broad SMARTS) is 1. The number of carboxylic acids is 1. The number of nitrogens with zero attached hydrogens (tertiary/aromatic N) is 3. The van der Waals surface area contributed by atoms with Crippen molar-refractivity contribution in [1.82, 2.24) is 15.0 Å². The van der Waals surface area contributed by atoms with E-state index >= 15 is 0 Å². The van der Waals surface area contributed by atoms with Crippen molar-refractivity contribution in [1.29, 1.82) is 0 Å². The van der Waals surface area contributed by atoms with Crippen LogP contribution in [0.3, 0.4) is 0 Å². The third-order valence-corrected chi connectivity index (χ3v) is 5.66. The van der Waals surface area contributed by atoms with Gasteiger partial charge in [-0.15, -0.1) is 0 Å². The van der Waals surface area contributed by atoms with Crippen LogP contribution in [0.15, 0.2) is 24.5 Å². The normalized spacial score (nSPS) is 14.5. The highest BCUT2D eigenvalue weighted by Gasteiger charge is 2.16. The van der Waals surface area contributed by atoms with Crippen molar-refractivity contribution >= 4 is 5.97 Å². The molecule has 0 saturated carbocycles. The molecule has 3 rings (SSSR count). The van der Waals surface area contributed by atoms with Crippen LogP contribution >= 0.6 is 0 Å². The van der Waals surface area contributed by atoms with E-state index in [1.165, 1.54) is 36.2 Å². The molecule has 0 aliphatic heterocycles. The summed E-state index contributed by atoms with van der Waals surface area (Å²) in [6.45, 7) is 1.84. The van der Waals surface area contributed by atoms with Crippen LogP contribution in [0.5, 0.6) is 0 Å². The van der Waals surface area contributed by atoms with Crippen LogP contribution in [0.25, 0.3) is 0 Å². The van der Waals surface area contributed by atoms with Crippen LogP contribution in [0.2, 0.25) is 0 Å². The van der Waals surface area contributed by atoms with Crippen LogP contribution in [0, 0.1) is 6.92 Å². The summed E-state index contributed by atoms with van der Waals surface area (Å²) in [4.78, 5) is 24.5. The second kappa shape index (κ2) is 10.3. The molecule has 0 bridgehead atoms. The Morgan fingerprint density at radius 3 is 2.61 bits per heavy atom. The lowest BCUT2D eigenvalue weighted by Gasteiger charge is -2.15. The van der Waals surface area contributed by atoms with Gasteiger partial charge in [0.05, 0.1) is 6.42 Å². The summed E-state index contributed by atoms with van der Waals surface area (Å²) >= 11 is 0. The van der Waals surface area contributed by atoms with Crippen LogP contribution in [-0.2, 0) is 24.1 Å². The maximum atomic E-state index is 11.2. The Labute approximate surface area is 167 Å². The Balaban J connectivity index is 1.40. The highest BCUT2D eigenvalue weighted by molar-refractivity contribution is 5.68. The summed E-state index contributed by atoms with van der Waals surface area (Å²) in [7, 11) is 0. The summed E-state index contributed by atoms with van der Waals surface area (Å²) in [5, 5.41) is 9.20. The molecule has 0 radical (unpaired) electrons. The second-order valence-corrected chi connectivity index (χ2v) is 7.93. The summed E-state index contributed by atoms with van der Waals surface area (Å²) in [6.07, 6.45) is 14.9. The van der Waals surface area contributed by atoms with Gasteiger partial charge in [0.1, 0.15) is 5.82 Å². The number of rotatable bonds is 10. The van der Waals surface area contributed by atoms with E-state index < -0.39 is 5.97 Å². The van der Waals surface area contributed by atoms with Crippen LogP contribution < -0.4 is 0 Å². The average Bonchev–Trinajstić information content (AvgIpc) is 2.70. The maximum Gasteiger partial charge on any atom is 0.303 e. The summed E-state index contributed by atoms with van der Waals surface area (Å²) in [5.41, 5.74) is 4.92. The van der Waals surface area contributed by atoms with Crippen molar-refractivity contribution in [2.45, 2.75) is 83.5 Å². The van der Waals surface area contributed by atoms with E-state index in [0.29, 0.717) is 5.82 Å². The van der Waals surface area contributed by atoms with Crippen LogP contribution in [0.4, 0.5) is 0 Å². The number of carbonyl (C=O) groups is 1. The lowest BCUT2D eigenvalue weighted by Crippen LogP contribution is -2.08. The zero-order chi connectivity index (χ0) is 19.8. The second-order valence-electron chi connectivity index (χ2n) is 7.93. The fourth-order valence-electron chi connectivity index (χ4n) is 4.03. The fraction of sp³-hybridized carbons (Fsp3) is 0.565. The molecule has 2 heterocycles.